The van der Waals surface area contributed by atoms with Gasteiger partial charge in [0.2, 0.25) is 11.9 Å². The average Bonchev–Trinajstić information content (AvgIpc) is 2.85. The lowest BCUT2D eigenvalue weighted by atomic mass is 10.2. The Morgan fingerprint density at radius 3 is 2.70 bits per heavy atom. The lowest BCUT2D eigenvalue weighted by Crippen LogP contribution is -2.21. The van der Waals surface area contributed by atoms with Crippen molar-refractivity contribution in [3.05, 3.63) is 33.4 Å². The fraction of sp³-hybridized carbons (Fsp3) is 0.500. The average molecular weight is 317 g/mol. The van der Waals surface area contributed by atoms with Crippen LogP contribution in [0.2, 0.25) is 0 Å². The molecule has 0 bridgehead atoms. The maximum Gasteiger partial charge on any atom is 0.255 e. The van der Waals surface area contributed by atoms with E-state index in [0.29, 0.717) is 35.9 Å². The molecule has 0 saturated carbocycles. The molecule has 0 aliphatic carbocycles. The van der Waals surface area contributed by atoms with Gasteiger partial charge in [-0.05, 0) is 26.7 Å². The Balaban J connectivity index is 2.37. The van der Waals surface area contributed by atoms with E-state index >= 15 is 0 Å². The summed E-state index contributed by atoms with van der Waals surface area (Å²) in [7, 11) is 0. The fourth-order valence-corrected chi connectivity index (χ4v) is 2.40. The van der Waals surface area contributed by atoms with E-state index in [9.17, 15) is 9.59 Å². The second-order valence-electron chi connectivity index (χ2n) is 5.54. The van der Waals surface area contributed by atoms with Crippen LogP contribution in [0.4, 0.5) is 5.82 Å². The van der Waals surface area contributed by atoms with Crippen molar-refractivity contribution in [3.8, 4) is 5.95 Å². The SMILES string of the molecule is CCCCC(=O)Nc1cc(C)nn1-c1nc(C)c(CC)c(=O)[nH]1. The molecule has 0 aliphatic heterocycles. The summed E-state index contributed by atoms with van der Waals surface area (Å²) in [5.74, 6) is 0.747. The molecule has 0 spiro atoms. The molecule has 0 unspecified atom stereocenters. The minimum absolute atomic E-state index is 0.0720. The summed E-state index contributed by atoms with van der Waals surface area (Å²) >= 11 is 0. The molecular weight excluding hydrogens is 294 g/mol. The van der Waals surface area contributed by atoms with Gasteiger partial charge >= 0.3 is 0 Å². The summed E-state index contributed by atoms with van der Waals surface area (Å²) < 4.78 is 1.47. The first kappa shape index (κ1) is 16.9. The molecule has 2 N–H and O–H groups in total. The predicted molar refractivity (Wildman–Crippen MR) is 89.0 cm³/mol. The van der Waals surface area contributed by atoms with Gasteiger partial charge in [0.25, 0.3) is 5.56 Å². The molecule has 2 aromatic rings. The highest BCUT2D eigenvalue weighted by atomic mass is 16.1. The van der Waals surface area contributed by atoms with Crippen molar-refractivity contribution in [2.45, 2.75) is 53.4 Å². The molecule has 2 heterocycles. The topological polar surface area (TPSA) is 92.7 Å². The first-order valence-electron chi connectivity index (χ1n) is 7.92. The van der Waals surface area contributed by atoms with Crippen LogP contribution >= 0.6 is 0 Å². The number of carbonyl (C=O) groups is 1. The number of carbonyl (C=O) groups excluding carboxylic acids is 1. The highest BCUT2D eigenvalue weighted by Gasteiger charge is 2.14. The number of rotatable bonds is 6. The van der Waals surface area contributed by atoms with Crippen LogP contribution in [0.1, 0.15) is 50.1 Å². The van der Waals surface area contributed by atoms with Gasteiger partial charge < -0.3 is 5.32 Å². The van der Waals surface area contributed by atoms with Crippen LogP contribution in [-0.2, 0) is 11.2 Å². The van der Waals surface area contributed by atoms with Crippen LogP contribution in [0.15, 0.2) is 10.9 Å². The number of aryl methyl sites for hydroxylation is 2. The van der Waals surface area contributed by atoms with Crippen LogP contribution in [0.3, 0.4) is 0 Å². The molecule has 0 saturated heterocycles. The van der Waals surface area contributed by atoms with E-state index in [0.717, 1.165) is 18.5 Å². The van der Waals surface area contributed by atoms with Gasteiger partial charge in [-0.2, -0.15) is 9.78 Å². The Labute approximate surface area is 135 Å². The van der Waals surface area contributed by atoms with Crippen LogP contribution in [0.5, 0.6) is 0 Å². The maximum atomic E-state index is 12.1. The third kappa shape index (κ3) is 3.85. The quantitative estimate of drug-likeness (QED) is 0.854. The summed E-state index contributed by atoms with van der Waals surface area (Å²) in [6.45, 7) is 7.57. The Bertz CT molecular complexity index is 760. The molecule has 7 heteroatoms. The zero-order valence-electron chi connectivity index (χ0n) is 14.1. The number of amides is 1. The van der Waals surface area contributed by atoms with Crippen molar-refractivity contribution < 1.29 is 4.79 Å². The third-order valence-electron chi connectivity index (χ3n) is 3.62. The van der Waals surface area contributed by atoms with E-state index in [4.69, 9.17) is 0 Å². The van der Waals surface area contributed by atoms with Crippen molar-refractivity contribution in [3.63, 3.8) is 0 Å². The number of aromatic amines is 1. The number of anilines is 1. The van der Waals surface area contributed by atoms with Crippen LogP contribution in [-0.4, -0.2) is 25.7 Å². The third-order valence-corrected chi connectivity index (χ3v) is 3.62. The molecule has 0 aromatic carbocycles. The minimum atomic E-state index is -0.175. The Morgan fingerprint density at radius 2 is 2.09 bits per heavy atom. The molecule has 0 aliphatic rings. The molecule has 0 atom stereocenters. The summed E-state index contributed by atoms with van der Waals surface area (Å²) in [5, 5.41) is 7.15. The first-order valence-corrected chi connectivity index (χ1v) is 7.92. The second kappa shape index (κ2) is 7.21. The largest absolute Gasteiger partial charge is 0.310 e. The van der Waals surface area contributed by atoms with Gasteiger partial charge in [0.1, 0.15) is 5.82 Å². The van der Waals surface area contributed by atoms with Gasteiger partial charge in [-0.15, -0.1) is 0 Å². The normalized spacial score (nSPS) is 10.8. The monoisotopic (exact) mass is 317 g/mol. The molecule has 124 valence electrons. The van der Waals surface area contributed by atoms with Gasteiger partial charge in [-0.1, -0.05) is 20.3 Å². The van der Waals surface area contributed by atoms with Crippen molar-refractivity contribution in [1.29, 1.82) is 0 Å². The summed E-state index contributed by atoms with van der Waals surface area (Å²) in [5.41, 5.74) is 1.89. The van der Waals surface area contributed by atoms with Crippen LogP contribution in [0.25, 0.3) is 5.95 Å². The van der Waals surface area contributed by atoms with E-state index in [1.807, 2.05) is 20.8 Å². The van der Waals surface area contributed by atoms with E-state index in [-0.39, 0.29) is 11.5 Å². The van der Waals surface area contributed by atoms with Crippen LogP contribution in [0, 0.1) is 13.8 Å². The number of H-pyrrole nitrogens is 1. The molecule has 7 nitrogen and oxygen atoms in total. The van der Waals surface area contributed by atoms with Crippen molar-refractivity contribution >= 4 is 11.7 Å². The zero-order chi connectivity index (χ0) is 17.0. The van der Waals surface area contributed by atoms with Gasteiger partial charge in [-0.3, -0.25) is 14.6 Å². The highest BCUT2D eigenvalue weighted by molar-refractivity contribution is 5.90. The van der Waals surface area contributed by atoms with Crippen molar-refractivity contribution in [2.24, 2.45) is 0 Å². The number of nitrogens with one attached hydrogen (secondary N) is 2. The lowest BCUT2D eigenvalue weighted by Gasteiger charge is -2.09. The van der Waals surface area contributed by atoms with E-state index in [2.05, 4.69) is 20.4 Å². The fourth-order valence-electron chi connectivity index (χ4n) is 2.40. The Hall–Kier alpha value is -2.44. The van der Waals surface area contributed by atoms with E-state index < -0.39 is 0 Å². The molecule has 0 fully saturated rings. The summed E-state index contributed by atoms with van der Waals surface area (Å²) in [6, 6.07) is 1.76. The molecule has 1 amide bonds. The Morgan fingerprint density at radius 1 is 1.35 bits per heavy atom. The molecular formula is C16H23N5O2. The Kier molecular flexibility index (Phi) is 5.31. The van der Waals surface area contributed by atoms with E-state index in [1.54, 1.807) is 13.0 Å². The standard InChI is InChI=1S/C16H23N5O2/c1-5-7-8-14(22)18-13-9-10(3)20-21(13)16-17-11(4)12(6-2)15(23)19-16/h9H,5-8H2,1-4H3,(H,18,22)(H,17,19,23). The molecule has 2 rings (SSSR count). The smallest absolute Gasteiger partial charge is 0.255 e. The second-order valence-corrected chi connectivity index (χ2v) is 5.54. The van der Waals surface area contributed by atoms with Crippen molar-refractivity contribution in [2.75, 3.05) is 5.32 Å². The number of unbranched alkanes of at least 4 members (excludes halogenated alkanes) is 1. The van der Waals surface area contributed by atoms with Crippen molar-refractivity contribution in [1.82, 2.24) is 19.7 Å². The zero-order valence-corrected chi connectivity index (χ0v) is 14.1. The van der Waals surface area contributed by atoms with Gasteiger partial charge in [-0.25, -0.2) is 4.98 Å². The first-order chi connectivity index (χ1) is 11.0. The number of nitrogens with zero attached hydrogens (tertiary/aromatic N) is 3. The lowest BCUT2D eigenvalue weighted by molar-refractivity contribution is -0.116. The number of hydrogen-bond acceptors (Lipinski definition) is 4. The summed E-state index contributed by atoms with van der Waals surface area (Å²) in [4.78, 5) is 31.2. The molecule has 2 aromatic heterocycles. The maximum absolute atomic E-state index is 12.1. The molecule has 0 radical (unpaired) electrons. The highest BCUT2D eigenvalue weighted by Crippen LogP contribution is 2.15. The molecule has 23 heavy (non-hydrogen) atoms. The van der Waals surface area contributed by atoms with Gasteiger partial charge in [0, 0.05) is 23.7 Å². The number of hydrogen-bond donors (Lipinski definition) is 2. The predicted octanol–water partition coefficient (Wildman–Crippen LogP) is 2.26. The number of aromatic nitrogens is 4. The van der Waals surface area contributed by atoms with Crippen LogP contribution < -0.4 is 10.9 Å². The minimum Gasteiger partial charge on any atom is -0.310 e. The van der Waals surface area contributed by atoms with Gasteiger partial charge in [0.05, 0.1) is 5.69 Å². The van der Waals surface area contributed by atoms with E-state index in [1.165, 1.54) is 4.68 Å². The van der Waals surface area contributed by atoms with Gasteiger partial charge in [0.15, 0.2) is 0 Å². The summed E-state index contributed by atoms with van der Waals surface area (Å²) in [6.07, 6.45) is 2.86.